The molecule has 0 amide bonds. The molecule has 6 heteroatoms. The number of methoxy groups -OCH3 is 2. The number of carbonyl (C=O) groups is 1. The van der Waals surface area contributed by atoms with Crippen molar-refractivity contribution >= 4 is 5.97 Å². The van der Waals surface area contributed by atoms with Crippen molar-refractivity contribution in [2.24, 2.45) is 0 Å². The summed E-state index contributed by atoms with van der Waals surface area (Å²) in [5.41, 5.74) is 1.55. The zero-order valence-electron chi connectivity index (χ0n) is 13.0. The van der Waals surface area contributed by atoms with Crippen LogP contribution in [0, 0.1) is 6.92 Å². The van der Waals surface area contributed by atoms with Gasteiger partial charge in [0.1, 0.15) is 11.4 Å². The van der Waals surface area contributed by atoms with Crippen LogP contribution in [0.25, 0.3) is 11.3 Å². The number of carbonyl (C=O) groups excluding carboxylic acids is 1. The number of esters is 1. The summed E-state index contributed by atoms with van der Waals surface area (Å²) in [5, 5.41) is 0. The van der Waals surface area contributed by atoms with Crippen LogP contribution in [0.3, 0.4) is 0 Å². The minimum absolute atomic E-state index is 0.290. The van der Waals surface area contributed by atoms with Gasteiger partial charge in [0.15, 0.2) is 11.5 Å². The summed E-state index contributed by atoms with van der Waals surface area (Å²) in [7, 11) is 3.12. The van der Waals surface area contributed by atoms with Crippen LogP contribution >= 0.6 is 0 Å². The third-order valence-corrected chi connectivity index (χ3v) is 3.06. The summed E-state index contributed by atoms with van der Waals surface area (Å²) in [5.74, 6) is 1.28. The molecule has 1 heterocycles. The lowest BCUT2D eigenvalue weighted by molar-refractivity contribution is 0.0526. The van der Waals surface area contributed by atoms with E-state index in [0.29, 0.717) is 28.6 Å². The monoisotopic (exact) mass is 302 g/mol. The van der Waals surface area contributed by atoms with E-state index in [4.69, 9.17) is 14.2 Å². The second kappa shape index (κ2) is 6.89. The molecule has 0 aliphatic heterocycles. The van der Waals surface area contributed by atoms with E-state index in [-0.39, 0.29) is 6.61 Å². The minimum atomic E-state index is -0.452. The Morgan fingerprint density at radius 3 is 2.55 bits per heavy atom. The molecular formula is C16H18N2O4. The van der Waals surface area contributed by atoms with Gasteiger partial charge < -0.3 is 14.2 Å². The van der Waals surface area contributed by atoms with E-state index >= 15 is 0 Å². The predicted octanol–water partition coefficient (Wildman–Crippen LogP) is 2.65. The van der Waals surface area contributed by atoms with Gasteiger partial charge in [-0.3, -0.25) is 0 Å². The molecule has 0 aliphatic carbocycles. The van der Waals surface area contributed by atoms with Gasteiger partial charge in [-0.1, -0.05) is 0 Å². The lowest BCUT2D eigenvalue weighted by Gasteiger charge is -2.12. The molecule has 116 valence electrons. The summed E-state index contributed by atoms with van der Waals surface area (Å²) in [6.45, 7) is 3.81. The summed E-state index contributed by atoms with van der Waals surface area (Å²) in [6.07, 6.45) is 1.48. The number of hydrogen-bond donors (Lipinski definition) is 0. The fourth-order valence-electron chi connectivity index (χ4n) is 2.03. The molecule has 1 aromatic heterocycles. The highest BCUT2D eigenvalue weighted by Crippen LogP contribution is 2.32. The number of rotatable bonds is 5. The number of aryl methyl sites for hydroxylation is 1. The first kappa shape index (κ1) is 15.8. The molecule has 1 aromatic carbocycles. The smallest absolute Gasteiger partial charge is 0.341 e. The normalized spacial score (nSPS) is 10.2. The van der Waals surface area contributed by atoms with E-state index < -0.39 is 5.97 Å². The third kappa shape index (κ3) is 3.16. The molecular weight excluding hydrogens is 284 g/mol. The van der Waals surface area contributed by atoms with Crippen molar-refractivity contribution in [2.45, 2.75) is 13.8 Å². The van der Waals surface area contributed by atoms with Gasteiger partial charge in [0.2, 0.25) is 0 Å². The quantitative estimate of drug-likeness (QED) is 0.791. The summed E-state index contributed by atoms with van der Waals surface area (Å²) in [4.78, 5) is 20.5. The Morgan fingerprint density at radius 1 is 1.18 bits per heavy atom. The molecule has 0 radical (unpaired) electrons. The van der Waals surface area contributed by atoms with Crippen LogP contribution in [-0.4, -0.2) is 36.8 Å². The molecule has 0 fully saturated rings. The summed E-state index contributed by atoms with van der Waals surface area (Å²) in [6, 6.07) is 5.34. The highest BCUT2D eigenvalue weighted by Gasteiger charge is 2.18. The topological polar surface area (TPSA) is 70.5 Å². The average molecular weight is 302 g/mol. The fraction of sp³-hybridized carbons (Fsp3) is 0.312. The van der Waals surface area contributed by atoms with Gasteiger partial charge in [0.05, 0.1) is 26.5 Å². The van der Waals surface area contributed by atoms with Crippen molar-refractivity contribution < 1.29 is 19.0 Å². The van der Waals surface area contributed by atoms with Crippen LogP contribution in [0.15, 0.2) is 24.4 Å². The predicted molar refractivity (Wildman–Crippen MR) is 81.3 cm³/mol. The molecule has 22 heavy (non-hydrogen) atoms. The van der Waals surface area contributed by atoms with Crippen LogP contribution in [-0.2, 0) is 4.74 Å². The van der Waals surface area contributed by atoms with Crippen molar-refractivity contribution in [2.75, 3.05) is 20.8 Å². The van der Waals surface area contributed by atoms with Gasteiger partial charge in [-0.15, -0.1) is 0 Å². The SMILES string of the molecule is CCOC(=O)c1cnc(C)nc1-c1ccc(OC)c(OC)c1. The number of nitrogens with zero attached hydrogens (tertiary/aromatic N) is 2. The van der Waals surface area contributed by atoms with Gasteiger partial charge in [-0.25, -0.2) is 14.8 Å². The first-order chi connectivity index (χ1) is 10.6. The van der Waals surface area contributed by atoms with Crippen LogP contribution in [0.4, 0.5) is 0 Å². The van der Waals surface area contributed by atoms with Crippen molar-refractivity contribution in [3.05, 3.63) is 35.8 Å². The molecule has 0 saturated heterocycles. The summed E-state index contributed by atoms with van der Waals surface area (Å²) >= 11 is 0. The van der Waals surface area contributed by atoms with Crippen molar-refractivity contribution in [1.82, 2.24) is 9.97 Å². The Kier molecular flexibility index (Phi) is 4.93. The summed E-state index contributed by atoms with van der Waals surface area (Å²) < 4.78 is 15.6. The zero-order valence-corrected chi connectivity index (χ0v) is 13.0. The third-order valence-electron chi connectivity index (χ3n) is 3.06. The average Bonchev–Trinajstić information content (AvgIpc) is 2.54. The second-order valence-corrected chi connectivity index (χ2v) is 4.47. The van der Waals surface area contributed by atoms with Gasteiger partial charge in [-0.2, -0.15) is 0 Å². The molecule has 0 saturated carbocycles. The Hall–Kier alpha value is -2.63. The van der Waals surface area contributed by atoms with Crippen molar-refractivity contribution in [3.63, 3.8) is 0 Å². The first-order valence-electron chi connectivity index (χ1n) is 6.83. The standard InChI is InChI=1S/C16H18N2O4/c1-5-22-16(19)12-9-17-10(2)18-15(12)11-6-7-13(20-3)14(8-11)21-4/h6-9H,5H2,1-4H3. The number of ether oxygens (including phenoxy) is 3. The first-order valence-corrected chi connectivity index (χ1v) is 6.83. The maximum absolute atomic E-state index is 12.1. The molecule has 0 aliphatic rings. The number of hydrogen-bond acceptors (Lipinski definition) is 6. The van der Waals surface area contributed by atoms with Crippen molar-refractivity contribution in [3.8, 4) is 22.8 Å². The van der Waals surface area contributed by atoms with Gasteiger partial charge in [0, 0.05) is 11.8 Å². The second-order valence-electron chi connectivity index (χ2n) is 4.47. The molecule has 2 aromatic rings. The lowest BCUT2D eigenvalue weighted by Crippen LogP contribution is -2.09. The Bertz CT molecular complexity index is 686. The van der Waals surface area contributed by atoms with E-state index in [1.807, 2.05) is 6.07 Å². The van der Waals surface area contributed by atoms with Crippen LogP contribution in [0.5, 0.6) is 11.5 Å². The van der Waals surface area contributed by atoms with Crippen LogP contribution in [0.2, 0.25) is 0 Å². The van der Waals surface area contributed by atoms with Crippen LogP contribution < -0.4 is 9.47 Å². The number of benzene rings is 1. The molecule has 0 atom stereocenters. The van der Waals surface area contributed by atoms with Crippen molar-refractivity contribution in [1.29, 1.82) is 0 Å². The van der Waals surface area contributed by atoms with E-state index in [2.05, 4.69) is 9.97 Å². The highest BCUT2D eigenvalue weighted by molar-refractivity contribution is 5.96. The zero-order chi connectivity index (χ0) is 16.1. The molecule has 0 bridgehead atoms. The van der Waals surface area contributed by atoms with E-state index in [1.54, 1.807) is 40.2 Å². The Labute approximate surface area is 129 Å². The largest absolute Gasteiger partial charge is 0.493 e. The molecule has 2 rings (SSSR count). The molecule has 0 unspecified atom stereocenters. The minimum Gasteiger partial charge on any atom is -0.493 e. The lowest BCUT2D eigenvalue weighted by atomic mass is 10.1. The maximum atomic E-state index is 12.1. The fourth-order valence-corrected chi connectivity index (χ4v) is 2.03. The van der Waals surface area contributed by atoms with E-state index in [0.717, 1.165) is 5.56 Å². The molecule has 0 spiro atoms. The Balaban J connectivity index is 2.56. The highest BCUT2D eigenvalue weighted by atomic mass is 16.5. The Morgan fingerprint density at radius 2 is 1.91 bits per heavy atom. The van der Waals surface area contributed by atoms with E-state index in [1.165, 1.54) is 6.20 Å². The number of aromatic nitrogens is 2. The molecule has 0 N–H and O–H groups in total. The van der Waals surface area contributed by atoms with Gasteiger partial charge in [0.25, 0.3) is 0 Å². The van der Waals surface area contributed by atoms with E-state index in [9.17, 15) is 4.79 Å². The van der Waals surface area contributed by atoms with Gasteiger partial charge in [-0.05, 0) is 32.0 Å². The molecule has 6 nitrogen and oxygen atoms in total. The van der Waals surface area contributed by atoms with Gasteiger partial charge >= 0.3 is 5.97 Å². The van der Waals surface area contributed by atoms with Crippen LogP contribution in [0.1, 0.15) is 23.1 Å². The maximum Gasteiger partial charge on any atom is 0.341 e.